The molecular formula is C8H13N3. The molecule has 0 aliphatic carbocycles. The van der Waals surface area contributed by atoms with E-state index in [1.54, 1.807) is 6.20 Å². The molecule has 2 N–H and O–H groups in total. The molecule has 0 saturated carbocycles. The van der Waals surface area contributed by atoms with Crippen LogP contribution in [0.15, 0.2) is 18.6 Å². The minimum atomic E-state index is 0.0259. The lowest BCUT2D eigenvalue weighted by Gasteiger charge is -2.13. The highest BCUT2D eigenvalue weighted by Crippen LogP contribution is 2.14. The van der Waals surface area contributed by atoms with Gasteiger partial charge in [-0.3, -0.25) is 0 Å². The van der Waals surface area contributed by atoms with E-state index in [9.17, 15) is 0 Å². The molecule has 1 aromatic rings. The van der Waals surface area contributed by atoms with Gasteiger partial charge >= 0.3 is 0 Å². The summed E-state index contributed by atoms with van der Waals surface area (Å²) in [5, 5.41) is 0. The predicted molar refractivity (Wildman–Crippen MR) is 43.8 cm³/mol. The zero-order valence-corrected chi connectivity index (χ0v) is 6.86. The van der Waals surface area contributed by atoms with Crippen LogP contribution in [0.3, 0.4) is 0 Å². The average molecular weight is 151 g/mol. The molecular weight excluding hydrogens is 138 g/mol. The van der Waals surface area contributed by atoms with Crippen LogP contribution in [0.2, 0.25) is 0 Å². The van der Waals surface area contributed by atoms with Gasteiger partial charge in [-0.25, -0.2) is 9.97 Å². The highest BCUT2D eigenvalue weighted by atomic mass is 14.8. The summed E-state index contributed by atoms with van der Waals surface area (Å²) in [6.07, 6.45) is 3.24. The van der Waals surface area contributed by atoms with Crippen LogP contribution in [0.25, 0.3) is 0 Å². The summed E-state index contributed by atoms with van der Waals surface area (Å²) in [4.78, 5) is 7.88. The van der Waals surface area contributed by atoms with Gasteiger partial charge in [0.2, 0.25) is 0 Å². The van der Waals surface area contributed by atoms with E-state index in [1.807, 2.05) is 6.07 Å². The molecule has 11 heavy (non-hydrogen) atoms. The van der Waals surface area contributed by atoms with E-state index in [-0.39, 0.29) is 6.04 Å². The number of nitrogens with zero attached hydrogens (tertiary/aromatic N) is 2. The lowest BCUT2D eigenvalue weighted by molar-refractivity contribution is 0.502. The Balaban J connectivity index is 2.77. The van der Waals surface area contributed by atoms with Gasteiger partial charge in [0, 0.05) is 12.2 Å². The summed E-state index contributed by atoms with van der Waals surface area (Å²) < 4.78 is 0. The van der Waals surface area contributed by atoms with Crippen molar-refractivity contribution in [1.29, 1.82) is 0 Å². The Labute approximate surface area is 66.7 Å². The smallest absolute Gasteiger partial charge is 0.115 e. The van der Waals surface area contributed by atoms with Crippen molar-refractivity contribution >= 4 is 0 Å². The standard InChI is InChI=1S/C8H13N3/c1-6(2)8(9)7-3-4-10-5-11-7/h3-6,8H,9H2,1-2H3/t8-/m0/s1. The molecule has 0 amide bonds. The third-order valence-corrected chi connectivity index (χ3v) is 1.66. The number of nitrogens with two attached hydrogens (primary N) is 1. The molecule has 3 heteroatoms. The molecule has 3 nitrogen and oxygen atoms in total. The number of aromatic nitrogens is 2. The van der Waals surface area contributed by atoms with Crippen molar-refractivity contribution in [2.45, 2.75) is 19.9 Å². The Morgan fingerprint density at radius 3 is 2.64 bits per heavy atom. The molecule has 1 heterocycles. The van der Waals surface area contributed by atoms with Gasteiger partial charge in [0.25, 0.3) is 0 Å². The molecule has 0 saturated heterocycles. The van der Waals surface area contributed by atoms with Crippen LogP contribution in [0.1, 0.15) is 25.6 Å². The molecule has 0 unspecified atom stereocenters. The molecule has 0 aliphatic rings. The molecule has 1 rings (SSSR count). The minimum absolute atomic E-state index is 0.0259. The first-order chi connectivity index (χ1) is 5.22. The molecule has 0 aromatic carbocycles. The second-order valence-electron chi connectivity index (χ2n) is 2.90. The van der Waals surface area contributed by atoms with E-state index in [2.05, 4.69) is 23.8 Å². The van der Waals surface area contributed by atoms with E-state index >= 15 is 0 Å². The molecule has 1 aromatic heterocycles. The summed E-state index contributed by atoms with van der Waals surface area (Å²) >= 11 is 0. The van der Waals surface area contributed by atoms with Gasteiger partial charge in [-0.2, -0.15) is 0 Å². The first-order valence-electron chi connectivity index (χ1n) is 3.73. The molecule has 1 atom stereocenters. The van der Waals surface area contributed by atoms with Crippen molar-refractivity contribution in [3.8, 4) is 0 Å². The number of hydrogen-bond donors (Lipinski definition) is 1. The second kappa shape index (κ2) is 3.44. The van der Waals surface area contributed by atoms with Crippen molar-refractivity contribution < 1.29 is 0 Å². The zero-order valence-electron chi connectivity index (χ0n) is 6.86. The molecule has 0 aliphatic heterocycles. The Bertz CT molecular complexity index is 208. The van der Waals surface area contributed by atoms with Gasteiger partial charge in [-0.1, -0.05) is 13.8 Å². The summed E-state index contributed by atoms with van der Waals surface area (Å²) in [5.74, 6) is 0.421. The highest BCUT2D eigenvalue weighted by molar-refractivity contribution is 5.04. The Hall–Kier alpha value is -0.960. The fourth-order valence-electron chi connectivity index (χ4n) is 0.840. The predicted octanol–water partition coefficient (Wildman–Crippen LogP) is 1.13. The van der Waals surface area contributed by atoms with Gasteiger partial charge in [0.1, 0.15) is 6.33 Å². The lowest BCUT2D eigenvalue weighted by atomic mass is 10.0. The van der Waals surface area contributed by atoms with Crippen LogP contribution in [-0.2, 0) is 0 Å². The van der Waals surface area contributed by atoms with E-state index < -0.39 is 0 Å². The first kappa shape index (κ1) is 8.14. The Morgan fingerprint density at radius 1 is 1.45 bits per heavy atom. The quantitative estimate of drug-likeness (QED) is 0.689. The summed E-state index contributed by atoms with van der Waals surface area (Å²) in [6.45, 7) is 4.15. The normalized spacial score (nSPS) is 13.5. The molecule has 0 fully saturated rings. The second-order valence-corrected chi connectivity index (χ2v) is 2.90. The molecule has 0 bridgehead atoms. The molecule has 60 valence electrons. The van der Waals surface area contributed by atoms with Crippen LogP contribution in [-0.4, -0.2) is 9.97 Å². The van der Waals surface area contributed by atoms with Gasteiger partial charge in [0.05, 0.1) is 5.69 Å². The van der Waals surface area contributed by atoms with Crippen LogP contribution < -0.4 is 5.73 Å². The summed E-state index contributed by atoms with van der Waals surface area (Å²) in [5.41, 5.74) is 6.76. The van der Waals surface area contributed by atoms with Gasteiger partial charge in [-0.05, 0) is 12.0 Å². The summed E-state index contributed by atoms with van der Waals surface area (Å²) in [6, 6.07) is 1.88. The van der Waals surface area contributed by atoms with Gasteiger partial charge in [0.15, 0.2) is 0 Å². The number of hydrogen-bond acceptors (Lipinski definition) is 3. The Kier molecular flexibility index (Phi) is 2.54. The summed E-state index contributed by atoms with van der Waals surface area (Å²) in [7, 11) is 0. The topological polar surface area (TPSA) is 51.8 Å². The van der Waals surface area contributed by atoms with E-state index in [4.69, 9.17) is 5.73 Å². The lowest BCUT2D eigenvalue weighted by Crippen LogP contribution is -2.17. The van der Waals surface area contributed by atoms with Crippen molar-refractivity contribution in [3.63, 3.8) is 0 Å². The van der Waals surface area contributed by atoms with Gasteiger partial charge < -0.3 is 5.73 Å². The number of rotatable bonds is 2. The molecule has 0 radical (unpaired) electrons. The van der Waals surface area contributed by atoms with E-state index in [0.717, 1.165) is 5.69 Å². The van der Waals surface area contributed by atoms with Crippen molar-refractivity contribution in [2.75, 3.05) is 0 Å². The van der Waals surface area contributed by atoms with Crippen LogP contribution in [0.5, 0.6) is 0 Å². The minimum Gasteiger partial charge on any atom is -0.322 e. The fraction of sp³-hybridized carbons (Fsp3) is 0.500. The maximum Gasteiger partial charge on any atom is 0.115 e. The fourth-order valence-corrected chi connectivity index (χ4v) is 0.840. The SMILES string of the molecule is CC(C)[C@H](N)c1ccncn1. The van der Waals surface area contributed by atoms with Crippen LogP contribution in [0, 0.1) is 5.92 Å². The largest absolute Gasteiger partial charge is 0.322 e. The van der Waals surface area contributed by atoms with Crippen LogP contribution in [0.4, 0.5) is 0 Å². The monoisotopic (exact) mass is 151 g/mol. The first-order valence-corrected chi connectivity index (χ1v) is 3.73. The third-order valence-electron chi connectivity index (χ3n) is 1.66. The van der Waals surface area contributed by atoms with Crippen LogP contribution >= 0.6 is 0 Å². The Morgan fingerprint density at radius 2 is 2.18 bits per heavy atom. The van der Waals surface area contributed by atoms with Crippen molar-refractivity contribution in [1.82, 2.24) is 9.97 Å². The molecule has 0 spiro atoms. The van der Waals surface area contributed by atoms with E-state index in [1.165, 1.54) is 6.33 Å². The zero-order chi connectivity index (χ0) is 8.27. The third kappa shape index (κ3) is 1.98. The van der Waals surface area contributed by atoms with E-state index in [0.29, 0.717) is 5.92 Å². The van der Waals surface area contributed by atoms with Crippen molar-refractivity contribution in [3.05, 3.63) is 24.3 Å². The maximum atomic E-state index is 5.85. The van der Waals surface area contributed by atoms with Gasteiger partial charge in [-0.15, -0.1) is 0 Å². The maximum absolute atomic E-state index is 5.85. The van der Waals surface area contributed by atoms with Crippen molar-refractivity contribution in [2.24, 2.45) is 11.7 Å². The average Bonchev–Trinajstić information content (AvgIpc) is 2.05. The highest BCUT2D eigenvalue weighted by Gasteiger charge is 2.10.